The number of carbonyl (C=O) groups excluding carboxylic acids is 1. The summed E-state index contributed by atoms with van der Waals surface area (Å²) in [7, 11) is 0. The van der Waals surface area contributed by atoms with Crippen molar-refractivity contribution < 1.29 is 4.79 Å². The van der Waals surface area contributed by atoms with Gasteiger partial charge in [-0.15, -0.1) is 0 Å². The molecule has 1 saturated heterocycles. The molecule has 0 spiro atoms. The summed E-state index contributed by atoms with van der Waals surface area (Å²) in [5, 5.41) is 3.37. The third-order valence-corrected chi connectivity index (χ3v) is 4.73. The van der Waals surface area contributed by atoms with E-state index in [-0.39, 0.29) is 11.9 Å². The quantitative estimate of drug-likeness (QED) is 0.921. The lowest BCUT2D eigenvalue weighted by Gasteiger charge is -2.31. The molecule has 1 amide bonds. The molecule has 0 saturated carbocycles. The molecule has 1 N–H and O–H groups in total. The molecule has 1 aromatic heterocycles. The Bertz CT molecular complexity index is 517. The van der Waals surface area contributed by atoms with Crippen molar-refractivity contribution in [3.8, 4) is 0 Å². The van der Waals surface area contributed by atoms with Crippen molar-refractivity contribution in [1.29, 1.82) is 0 Å². The Morgan fingerprint density at radius 3 is 2.81 bits per heavy atom. The van der Waals surface area contributed by atoms with Gasteiger partial charge in [0.2, 0.25) is 5.91 Å². The molecule has 2 aliphatic rings. The van der Waals surface area contributed by atoms with E-state index >= 15 is 0 Å². The van der Waals surface area contributed by atoms with Gasteiger partial charge in [-0.2, -0.15) is 0 Å². The average molecular weight is 290 g/mol. The zero-order valence-corrected chi connectivity index (χ0v) is 13.2. The summed E-state index contributed by atoms with van der Waals surface area (Å²) in [5.74, 6) is 1.32. The first kappa shape index (κ1) is 14.6. The SMILES string of the molecule is CCc1nc2c(n1C(C)C(=O)N1CCCCC1)CCNC2. The number of imidazole rings is 1. The highest BCUT2D eigenvalue weighted by Crippen LogP contribution is 2.24. The lowest BCUT2D eigenvalue weighted by atomic mass is 10.1. The standard InChI is InChI=1S/C16H26N4O/c1-3-15-18-13-11-17-8-7-14(13)20(15)12(2)16(21)19-9-5-4-6-10-19/h12,17H,3-11H2,1-2H3. The van der Waals surface area contributed by atoms with Crippen molar-refractivity contribution in [2.24, 2.45) is 0 Å². The van der Waals surface area contributed by atoms with Crippen molar-refractivity contribution in [3.63, 3.8) is 0 Å². The van der Waals surface area contributed by atoms with Gasteiger partial charge in [-0.25, -0.2) is 4.98 Å². The fraction of sp³-hybridized carbons (Fsp3) is 0.750. The van der Waals surface area contributed by atoms with E-state index in [1.165, 1.54) is 12.1 Å². The zero-order valence-electron chi connectivity index (χ0n) is 13.2. The molecule has 1 fully saturated rings. The smallest absolute Gasteiger partial charge is 0.245 e. The minimum atomic E-state index is -0.118. The summed E-state index contributed by atoms with van der Waals surface area (Å²) in [6.07, 6.45) is 5.39. The van der Waals surface area contributed by atoms with Gasteiger partial charge in [-0.05, 0) is 26.2 Å². The van der Waals surface area contributed by atoms with Crippen LogP contribution in [0.5, 0.6) is 0 Å². The van der Waals surface area contributed by atoms with Crippen molar-refractivity contribution in [2.75, 3.05) is 19.6 Å². The molecule has 5 nitrogen and oxygen atoms in total. The Kier molecular flexibility index (Phi) is 4.29. The molecule has 1 aromatic rings. The van der Waals surface area contributed by atoms with Crippen molar-refractivity contribution >= 4 is 5.91 Å². The summed E-state index contributed by atoms with van der Waals surface area (Å²) in [4.78, 5) is 19.6. The maximum atomic E-state index is 12.8. The van der Waals surface area contributed by atoms with Gasteiger partial charge in [0.25, 0.3) is 0 Å². The van der Waals surface area contributed by atoms with Gasteiger partial charge in [0, 0.05) is 44.7 Å². The van der Waals surface area contributed by atoms with Crippen LogP contribution in [0.2, 0.25) is 0 Å². The summed E-state index contributed by atoms with van der Waals surface area (Å²) in [6, 6.07) is -0.118. The normalized spacial score (nSPS) is 20.2. The fourth-order valence-corrected chi connectivity index (χ4v) is 3.58. The first-order valence-corrected chi connectivity index (χ1v) is 8.30. The molecule has 0 bridgehead atoms. The number of piperidine rings is 1. The van der Waals surface area contributed by atoms with Gasteiger partial charge < -0.3 is 14.8 Å². The number of fused-ring (bicyclic) bond motifs is 1. The van der Waals surface area contributed by atoms with E-state index in [4.69, 9.17) is 4.98 Å². The second-order valence-corrected chi connectivity index (χ2v) is 6.13. The molecular formula is C16H26N4O. The molecule has 5 heteroatoms. The molecule has 2 aliphatic heterocycles. The predicted molar refractivity (Wildman–Crippen MR) is 82.2 cm³/mol. The largest absolute Gasteiger partial charge is 0.341 e. The van der Waals surface area contributed by atoms with Crippen LogP contribution in [0.4, 0.5) is 0 Å². The maximum absolute atomic E-state index is 12.8. The van der Waals surface area contributed by atoms with Crippen LogP contribution in [0.3, 0.4) is 0 Å². The molecule has 1 atom stereocenters. The minimum Gasteiger partial charge on any atom is -0.341 e. The number of likely N-dealkylation sites (tertiary alicyclic amines) is 1. The van der Waals surface area contributed by atoms with Crippen molar-refractivity contribution in [3.05, 3.63) is 17.2 Å². The third-order valence-electron chi connectivity index (χ3n) is 4.73. The number of hydrogen-bond acceptors (Lipinski definition) is 3. The van der Waals surface area contributed by atoms with E-state index in [1.54, 1.807) is 0 Å². The number of nitrogens with zero attached hydrogens (tertiary/aromatic N) is 3. The number of carbonyl (C=O) groups is 1. The minimum absolute atomic E-state index is 0.118. The molecule has 1 unspecified atom stereocenters. The number of hydrogen-bond donors (Lipinski definition) is 1. The summed E-state index contributed by atoms with van der Waals surface area (Å²) < 4.78 is 2.22. The van der Waals surface area contributed by atoms with Crippen LogP contribution < -0.4 is 5.32 Å². The highest BCUT2D eigenvalue weighted by molar-refractivity contribution is 5.80. The van der Waals surface area contributed by atoms with E-state index in [0.717, 1.165) is 63.4 Å². The average Bonchev–Trinajstić information content (AvgIpc) is 2.92. The number of aryl methyl sites for hydroxylation is 1. The fourth-order valence-electron chi connectivity index (χ4n) is 3.58. The summed E-state index contributed by atoms with van der Waals surface area (Å²) in [5.41, 5.74) is 2.40. The first-order chi connectivity index (χ1) is 10.2. The Morgan fingerprint density at radius 2 is 2.10 bits per heavy atom. The second-order valence-electron chi connectivity index (χ2n) is 6.13. The van der Waals surface area contributed by atoms with Crippen LogP contribution in [0.15, 0.2) is 0 Å². The van der Waals surface area contributed by atoms with Gasteiger partial charge >= 0.3 is 0 Å². The molecule has 0 aromatic carbocycles. The molecule has 0 radical (unpaired) electrons. The van der Waals surface area contributed by atoms with Crippen LogP contribution in [0.1, 0.15) is 56.4 Å². The van der Waals surface area contributed by atoms with Crippen LogP contribution in [0.25, 0.3) is 0 Å². The Labute approximate surface area is 126 Å². The number of amides is 1. The van der Waals surface area contributed by atoms with Crippen molar-refractivity contribution in [2.45, 2.75) is 58.5 Å². The zero-order chi connectivity index (χ0) is 14.8. The molecule has 3 rings (SSSR count). The van der Waals surface area contributed by atoms with Gasteiger partial charge in [0.15, 0.2) is 0 Å². The second kappa shape index (κ2) is 6.18. The Balaban J connectivity index is 1.87. The van der Waals surface area contributed by atoms with Gasteiger partial charge in [0.1, 0.15) is 11.9 Å². The van der Waals surface area contributed by atoms with E-state index < -0.39 is 0 Å². The molecule has 3 heterocycles. The molecule has 0 aliphatic carbocycles. The lowest BCUT2D eigenvalue weighted by molar-refractivity contribution is -0.135. The Hall–Kier alpha value is -1.36. The van der Waals surface area contributed by atoms with Crippen molar-refractivity contribution in [1.82, 2.24) is 19.8 Å². The van der Waals surface area contributed by atoms with Gasteiger partial charge in [-0.1, -0.05) is 6.92 Å². The third kappa shape index (κ3) is 2.71. The molecule has 116 valence electrons. The first-order valence-electron chi connectivity index (χ1n) is 8.30. The topological polar surface area (TPSA) is 50.2 Å². The summed E-state index contributed by atoms with van der Waals surface area (Å²) in [6.45, 7) is 7.81. The maximum Gasteiger partial charge on any atom is 0.245 e. The van der Waals surface area contributed by atoms with Crippen LogP contribution in [-0.2, 0) is 24.2 Å². The van der Waals surface area contributed by atoms with E-state index in [0.29, 0.717) is 0 Å². The predicted octanol–water partition coefficient (Wildman–Crippen LogP) is 1.66. The highest BCUT2D eigenvalue weighted by Gasteiger charge is 2.28. The summed E-state index contributed by atoms with van der Waals surface area (Å²) >= 11 is 0. The lowest BCUT2D eigenvalue weighted by Crippen LogP contribution is -2.40. The van der Waals surface area contributed by atoms with Crippen LogP contribution in [-0.4, -0.2) is 40.0 Å². The van der Waals surface area contributed by atoms with Crippen LogP contribution >= 0.6 is 0 Å². The molecule has 21 heavy (non-hydrogen) atoms. The van der Waals surface area contributed by atoms with Gasteiger partial charge in [0.05, 0.1) is 5.69 Å². The number of nitrogens with one attached hydrogen (secondary N) is 1. The van der Waals surface area contributed by atoms with E-state index in [1.807, 2.05) is 11.8 Å². The van der Waals surface area contributed by atoms with E-state index in [9.17, 15) is 4.79 Å². The number of rotatable bonds is 3. The van der Waals surface area contributed by atoms with Gasteiger partial charge in [-0.3, -0.25) is 4.79 Å². The number of aromatic nitrogens is 2. The molecular weight excluding hydrogens is 264 g/mol. The van der Waals surface area contributed by atoms with E-state index in [2.05, 4.69) is 16.8 Å². The Morgan fingerprint density at radius 1 is 1.33 bits per heavy atom. The highest BCUT2D eigenvalue weighted by atomic mass is 16.2. The van der Waals surface area contributed by atoms with Crippen LogP contribution in [0, 0.1) is 0 Å². The monoisotopic (exact) mass is 290 g/mol.